The second-order valence-corrected chi connectivity index (χ2v) is 4.65. The first-order chi connectivity index (χ1) is 10.1. The Morgan fingerprint density at radius 2 is 1.95 bits per heavy atom. The predicted octanol–water partition coefficient (Wildman–Crippen LogP) is 3.57. The van der Waals surface area contributed by atoms with Gasteiger partial charge < -0.3 is 10.6 Å². The molecule has 0 saturated heterocycles. The number of nitro groups is 1. The summed E-state index contributed by atoms with van der Waals surface area (Å²) in [5, 5.41) is 16.5. The molecule has 0 aliphatic rings. The van der Waals surface area contributed by atoms with Gasteiger partial charge in [0.2, 0.25) is 0 Å². The number of nitro benzene ring substituents is 1. The number of nitrogens with zero attached hydrogens (tertiary/aromatic N) is 1. The highest BCUT2D eigenvalue weighted by Gasteiger charge is 2.14. The van der Waals surface area contributed by atoms with E-state index in [1.807, 2.05) is 6.07 Å². The number of hydrogen-bond donors (Lipinski definition) is 2. The van der Waals surface area contributed by atoms with Gasteiger partial charge in [-0.15, -0.1) is 0 Å². The number of rotatable bonds is 4. The van der Waals surface area contributed by atoms with Crippen molar-refractivity contribution in [3.8, 4) is 0 Å². The van der Waals surface area contributed by atoms with Crippen LogP contribution >= 0.6 is 11.6 Å². The Balaban J connectivity index is 1.98. The van der Waals surface area contributed by atoms with E-state index in [9.17, 15) is 14.9 Å². The summed E-state index contributed by atoms with van der Waals surface area (Å²) in [5.41, 5.74) is 0.821. The van der Waals surface area contributed by atoms with Crippen LogP contribution in [-0.4, -0.2) is 11.0 Å². The number of amides is 2. The first-order valence-corrected chi connectivity index (χ1v) is 6.47. The van der Waals surface area contributed by atoms with E-state index in [0.717, 1.165) is 5.56 Å². The molecule has 2 N–H and O–H groups in total. The largest absolute Gasteiger partial charge is 0.334 e. The average molecular weight is 306 g/mol. The van der Waals surface area contributed by atoms with E-state index >= 15 is 0 Å². The summed E-state index contributed by atoms with van der Waals surface area (Å²) in [6.07, 6.45) is 0. The van der Waals surface area contributed by atoms with Gasteiger partial charge in [0.25, 0.3) is 5.69 Å². The summed E-state index contributed by atoms with van der Waals surface area (Å²) >= 11 is 5.84. The van der Waals surface area contributed by atoms with Crippen LogP contribution in [0.25, 0.3) is 0 Å². The number of carbonyl (C=O) groups excluding carboxylic acids is 1. The van der Waals surface area contributed by atoms with Crippen molar-refractivity contribution in [2.75, 3.05) is 5.32 Å². The lowest BCUT2D eigenvalue weighted by molar-refractivity contribution is -0.383. The third kappa shape index (κ3) is 4.19. The van der Waals surface area contributed by atoms with Crippen molar-refractivity contribution in [2.45, 2.75) is 6.54 Å². The van der Waals surface area contributed by atoms with Gasteiger partial charge in [-0.3, -0.25) is 10.1 Å². The SMILES string of the molecule is O=C(NCc1cccc(Cl)c1)Nc1ccccc1[N+](=O)[O-]. The van der Waals surface area contributed by atoms with Crippen LogP contribution < -0.4 is 10.6 Å². The lowest BCUT2D eigenvalue weighted by Crippen LogP contribution is -2.28. The Kier molecular flexibility index (Phi) is 4.73. The normalized spacial score (nSPS) is 9.95. The molecule has 0 radical (unpaired) electrons. The predicted molar refractivity (Wildman–Crippen MR) is 80.4 cm³/mol. The molecule has 2 aromatic rings. The third-order valence-corrected chi connectivity index (χ3v) is 2.93. The van der Waals surface area contributed by atoms with Crippen molar-refractivity contribution in [3.05, 3.63) is 69.2 Å². The second-order valence-electron chi connectivity index (χ2n) is 4.21. The van der Waals surface area contributed by atoms with Crippen molar-refractivity contribution in [1.29, 1.82) is 0 Å². The zero-order valence-electron chi connectivity index (χ0n) is 10.9. The van der Waals surface area contributed by atoms with Gasteiger partial charge in [-0.1, -0.05) is 35.9 Å². The number of benzene rings is 2. The van der Waals surface area contributed by atoms with E-state index in [0.29, 0.717) is 5.02 Å². The molecule has 6 nitrogen and oxygen atoms in total. The van der Waals surface area contributed by atoms with Gasteiger partial charge in [0.1, 0.15) is 5.69 Å². The minimum absolute atomic E-state index is 0.145. The van der Waals surface area contributed by atoms with E-state index in [1.54, 1.807) is 24.3 Å². The molecule has 0 aliphatic heterocycles. The molecular formula is C14H12ClN3O3. The van der Waals surface area contributed by atoms with Gasteiger partial charge in [0.05, 0.1) is 4.92 Å². The standard InChI is InChI=1S/C14H12ClN3O3/c15-11-5-3-4-10(8-11)9-16-14(19)17-12-6-1-2-7-13(12)18(20)21/h1-8H,9H2,(H2,16,17,19). The molecule has 2 amide bonds. The molecule has 108 valence electrons. The number of hydrogen-bond acceptors (Lipinski definition) is 3. The summed E-state index contributed by atoms with van der Waals surface area (Å²) in [4.78, 5) is 22.1. The van der Waals surface area contributed by atoms with E-state index < -0.39 is 11.0 Å². The quantitative estimate of drug-likeness (QED) is 0.669. The molecule has 0 fully saturated rings. The van der Waals surface area contributed by atoms with Crippen LogP contribution in [0.5, 0.6) is 0 Å². The molecule has 21 heavy (non-hydrogen) atoms. The summed E-state index contributed by atoms with van der Waals surface area (Å²) in [5.74, 6) is 0. The van der Waals surface area contributed by atoms with Crippen molar-refractivity contribution in [3.63, 3.8) is 0 Å². The molecule has 0 aromatic heterocycles. The zero-order valence-corrected chi connectivity index (χ0v) is 11.6. The number of para-hydroxylation sites is 2. The molecule has 0 saturated carbocycles. The lowest BCUT2D eigenvalue weighted by Gasteiger charge is -2.08. The molecule has 0 aliphatic carbocycles. The Bertz CT molecular complexity index is 676. The number of urea groups is 1. The number of halogens is 1. The van der Waals surface area contributed by atoms with E-state index in [-0.39, 0.29) is 17.9 Å². The highest BCUT2D eigenvalue weighted by atomic mass is 35.5. The average Bonchev–Trinajstić information content (AvgIpc) is 2.45. The summed E-state index contributed by atoms with van der Waals surface area (Å²) in [6, 6.07) is 12.5. The van der Waals surface area contributed by atoms with Crippen LogP contribution in [0.15, 0.2) is 48.5 Å². The molecule has 0 heterocycles. The van der Waals surface area contributed by atoms with Crippen LogP contribution in [0.2, 0.25) is 5.02 Å². The fourth-order valence-electron chi connectivity index (χ4n) is 1.73. The maximum atomic E-state index is 11.8. The van der Waals surface area contributed by atoms with E-state index in [1.165, 1.54) is 18.2 Å². The first kappa shape index (κ1) is 14.8. The van der Waals surface area contributed by atoms with Crippen LogP contribution in [0.4, 0.5) is 16.2 Å². The van der Waals surface area contributed by atoms with Crippen LogP contribution in [-0.2, 0) is 6.54 Å². The Hall–Kier alpha value is -2.60. The summed E-state index contributed by atoms with van der Waals surface area (Å²) < 4.78 is 0. The topological polar surface area (TPSA) is 84.3 Å². The van der Waals surface area contributed by atoms with Crippen molar-refractivity contribution < 1.29 is 9.72 Å². The van der Waals surface area contributed by atoms with Gasteiger partial charge >= 0.3 is 6.03 Å². The van der Waals surface area contributed by atoms with Crippen molar-refractivity contribution in [2.24, 2.45) is 0 Å². The monoisotopic (exact) mass is 305 g/mol. The summed E-state index contributed by atoms with van der Waals surface area (Å²) in [7, 11) is 0. The fourth-order valence-corrected chi connectivity index (χ4v) is 1.95. The molecule has 2 rings (SSSR count). The van der Waals surface area contributed by atoms with Gasteiger partial charge in [-0.05, 0) is 23.8 Å². The van der Waals surface area contributed by atoms with Gasteiger partial charge in [-0.25, -0.2) is 4.79 Å². The van der Waals surface area contributed by atoms with Crippen LogP contribution in [0, 0.1) is 10.1 Å². The van der Waals surface area contributed by atoms with Crippen LogP contribution in [0.1, 0.15) is 5.56 Å². The van der Waals surface area contributed by atoms with Gasteiger partial charge in [-0.2, -0.15) is 0 Å². The lowest BCUT2D eigenvalue weighted by atomic mass is 10.2. The molecule has 7 heteroatoms. The molecule has 0 bridgehead atoms. The maximum Gasteiger partial charge on any atom is 0.319 e. The Morgan fingerprint density at radius 3 is 2.67 bits per heavy atom. The minimum Gasteiger partial charge on any atom is -0.334 e. The minimum atomic E-state index is -0.549. The number of nitrogens with one attached hydrogen (secondary N) is 2. The smallest absolute Gasteiger partial charge is 0.319 e. The molecule has 0 spiro atoms. The third-order valence-electron chi connectivity index (χ3n) is 2.69. The van der Waals surface area contributed by atoms with Gasteiger partial charge in [0, 0.05) is 17.6 Å². The summed E-state index contributed by atoms with van der Waals surface area (Å²) in [6.45, 7) is 0.271. The molecule has 0 unspecified atom stereocenters. The first-order valence-electron chi connectivity index (χ1n) is 6.09. The number of anilines is 1. The Morgan fingerprint density at radius 1 is 1.19 bits per heavy atom. The van der Waals surface area contributed by atoms with Crippen LogP contribution in [0.3, 0.4) is 0 Å². The maximum absolute atomic E-state index is 11.8. The van der Waals surface area contributed by atoms with E-state index in [4.69, 9.17) is 11.6 Å². The fraction of sp³-hybridized carbons (Fsp3) is 0.0714. The Labute approximate surface area is 125 Å². The van der Waals surface area contributed by atoms with Crippen molar-refractivity contribution in [1.82, 2.24) is 5.32 Å². The molecule has 2 aromatic carbocycles. The highest BCUT2D eigenvalue weighted by Crippen LogP contribution is 2.22. The van der Waals surface area contributed by atoms with Gasteiger partial charge in [0.15, 0.2) is 0 Å². The highest BCUT2D eigenvalue weighted by molar-refractivity contribution is 6.30. The van der Waals surface area contributed by atoms with Crippen molar-refractivity contribution >= 4 is 29.0 Å². The zero-order chi connectivity index (χ0) is 15.2. The molecule has 0 atom stereocenters. The molecular weight excluding hydrogens is 294 g/mol. The number of carbonyl (C=O) groups is 1. The van der Waals surface area contributed by atoms with E-state index in [2.05, 4.69) is 10.6 Å². The second kappa shape index (κ2) is 6.71.